The monoisotopic (exact) mass is 361 g/mol. The Hall–Kier alpha value is -1.60. The molecule has 2 aliphatic heterocycles. The third kappa shape index (κ3) is 3.02. The first-order chi connectivity index (χ1) is 11.7. The lowest BCUT2D eigenvalue weighted by molar-refractivity contribution is -0.132. The molecule has 2 fully saturated rings. The lowest BCUT2D eigenvalue weighted by atomic mass is 10.2. The minimum absolute atomic E-state index is 0.0959. The summed E-state index contributed by atoms with van der Waals surface area (Å²) in [7, 11) is 0. The number of para-hydroxylation sites is 1. The number of likely N-dealkylation sites (tertiary alicyclic amines) is 1. The predicted octanol–water partition coefficient (Wildman–Crippen LogP) is 3.52. The average molecular weight is 361 g/mol. The molecule has 126 valence electrons. The van der Waals surface area contributed by atoms with Crippen LogP contribution in [0.1, 0.15) is 30.3 Å². The third-order valence-corrected chi connectivity index (χ3v) is 6.64. The van der Waals surface area contributed by atoms with Gasteiger partial charge in [0.05, 0.1) is 16.3 Å². The number of nitrogens with zero attached hydrogens (tertiary/aromatic N) is 3. The number of hydrogen-bond donors (Lipinski definition) is 0. The second-order valence-corrected chi connectivity index (χ2v) is 8.22. The van der Waals surface area contributed by atoms with Crippen LogP contribution in [0.15, 0.2) is 24.3 Å². The van der Waals surface area contributed by atoms with Crippen molar-refractivity contribution >= 4 is 44.5 Å². The Morgan fingerprint density at radius 3 is 2.96 bits per heavy atom. The SMILES string of the molecule is O=C1SCCN1CCC(=O)N1CCC[C@H]1c1nc2ccccc2s1. The topological polar surface area (TPSA) is 53.5 Å². The Kier molecular flexibility index (Phi) is 4.45. The van der Waals surface area contributed by atoms with Crippen molar-refractivity contribution in [2.24, 2.45) is 0 Å². The molecule has 5 nitrogen and oxygen atoms in total. The summed E-state index contributed by atoms with van der Waals surface area (Å²) in [6.45, 7) is 2.09. The molecule has 2 aliphatic rings. The van der Waals surface area contributed by atoms with Crippen molar-refractivity contribution in [3.05, 3.63) is 29.3 Å². The maximum absolute atomic E-state index is 12.7. The van der Waals surface area contributed by atoms with Crippen LogP contribution in [0.5, 0.6) is 0 Å². The number of carbonyl (C=O) groups excluding carboxylic acids is 2. The van der Waals surface area contributed by atoms with Gasteiger partial charge in [0, 0.05) is 31.8 Å². The van der Waals surface area contributed by atoms with Crippen molar-refractivity contribution in [3.8, 4) is 0 Å². The van der Waals surface area contributed by atoms with Crippen molar-refractivity contribution in [2.75, 3.05) is 25.4 Å². The van der Waals surface area contributed by atoms with Crippen LogP contribution in [0.3, 0.4) is 0 Å². The van der Waals surface area contributed by atoms with Gasteiger partial charge in [0.1, 0.15) is 5.01 Å². The van der Waals surface area contributed by atoms with E-state index in [1.807, 2.05) is 23.1 Å². The zero-order valence-electron chi connectivity index (χ0n) is 13.3. The molecule has 0 radical (unpaired) electrons. The predicted molar refractivity (Wildman–Crippen MR) is 97.4 cm³/mol. The molecular weight excluding hydrogens is 342 g/mol. The van der Waals surface area contributed by atoms with Crippen LogP contribution >= 0.6 is 23.1 Å². The Balaban J connectivity index is 1.45. The number of aromatic nitrogens is 1. The van der Waals surface area contributed by atoms with E-state index in [1.165, 1.54) is 16.5 Å². The molecule has 0 unspecified atom stereocenters. The standard InChI is InChI=1S/C17H19N3O2S2/c21-15(7-9-19-10-11-23-17(19)22)20-8-3-5-13(20)16-18-12-4-1-2-6-14(12)24-16/h1-2,4,6,13H,3,5,7-11H2/t13-/m0/s1. The molecule has 0 aliphatic carbocycles. The zero-order valence-corrected chi connectivity index (χ0v) is 14.9. The Bertz CT molecular complexity index is 743. The lowest BCUT2D eigenvalue weighted by Gasteiger charge is -2.24. The number of hydrogen-bond acceptors (Lipinski definition) is 5. The van der Waals surface area contributed by atoms with Gasteiger partial charge in [-0.15, -0.1) is 11.3 Å². The van der Waals surface area contributed by atoms with Gasteiger partial charge < -0.3 is 9.80 Å². The fourth-order valence-electron chi connectivity index (χ4n) is 3.36. The van der Waals surface area contributed by atoms with Crippen LogP contribution in [-0.4, -0.2) is 51.3 Å². The summed E-state index contributed by atoms with van der Waals surface area (Å²) in [6, 6.07) is 8.21. The van der Waals surface area contributed by atoms with Gasteiger partial charge in [0.15, 0.2) is 0 Å². The largest absolute Gasteiger partial charge is 0.333 e. The minimum atomic E-state index is 0.0959. The van der Waals surface area contributed by atoms with E-state index in [0.717, 1.165) is 42.2 Å². The van der Waals surface area contributed by atoms with Gasteiger partial charge in [-0.3, -0.25) is 9.59 Å². The summed E-state index contributed by atoms with van der Waals surface area (Å²) in [5, 5.41) is 1.14. The Labute approximate surface area is 149 Å². The summed E-state index contributed by atoms with van der Waals surface area (Å²) in [5.74, 6) is 0.979. The summed E-state index contributed by atoms with van der Waals surface area (Å²) in [6.07, 6.45) is 2.41. The number of thioether (sulfide) groups is 1. The van der Waals surface area contributed by atoms with Crippen LogP contribution in [0.4, 0.5) is 4.79 Å². The van der Waals surface area contributed by atoms with Gasteiger partial charge in [-0.05, 0) is 25.0 Å². The number of amides is 2. The van der Waals surface area contributed by atoms with E-state index >= 15 is 0 Å². The van der Waals surface area contributed by atoms with Gasteiger partial charge in [0.25, 0.3) is 5.24 Å². The fraction of sp³-hybridized carbons (Fsp3) is 0.471. The smallest absolute Gasteiger partial charge is 0.281 e. The number of benzene rings is 1. The molecule has 24 heavy (non-hydrogen) atoms. The summed E-state index contributed by atoms with van der Waals surface area (Å²) in [4.78, 5) is 32.8. The molecule has 0 saturated carbocycles. The first-order valence-corrected chi connectivity index (χ1v) is 10.1. The number of rotatable bonds is 4. The van der Waals surface area contributed by atoms with E-state index in [2.05, 4.69) is 6.07 Å². The summed E-state index contributed by atoms with van der Waals surface area (Å²) in [5.41, 5.74) is 1.01. The molecule has 1 atom stereocenters. The highest BCUT2D eigenvalue weighted by Crippen LogP contribution is 2.36. The molecule has 0 spiro atoms. The van der Waals surface area contributed by atoms with Crippen molar-refractivity contribution in [1.29, 1.82) is 0 Å². The van der Waals surface area contributed by atoms with Gasteiger partial charge in [-0.1, -0.05) is 23.9 Å². The van der Waals surface area contributed by atoms with Gasteiger partial charge >= 0.3 is 0 Å². The van der Waals surface area contributed by atoms with E-state index in [9.17, 15) is 9.59 Å². The van der Waals surface area contributed by atoms with Crippen molar-refractivity contribution in [2.45, 2.75) is 25.3 Å². The van der Waals surface area contributed by atoms with Crippen molar-refractivity contribution in [3.63, 3.8) is 0 Å². The van der Waals surface area contributed by atoms with E-state index in [0.29, 0.717) is 13.0 Å². The quantitative estimate of drug-likeness (QED) is 0.836. The molecule has 3 heterocycles. The maximum Gasteiger partial charge on any atom is 0.281 e. The molecule has 0 N–H and O–H groups in total. The lowest BCUT2D eigenvalue weighted by Crippen LogP contribution is -2.34. The molecule has 0 bridgehead atoms. The van der Waals surface area contributed by atoms with Crippen molar-refractivity contribution < 1.29 is 9.59 Å². The van der Waals surface area contributed by atoms with Gasteiger partial charge in [0.2, 0.25) is 5.91 Å². The molecular formula is C17H19N3O2S2. The van der Waals surface area contributed by atoms with Crippen LogP contribution in [0, 0.1) is 0 Å². The zero-order chi connectivity index (χ0) is 16.5. The molecule has 1 aromatic heterocycles. The molecule has 4 rings (SSSR count). The summed E-state index contributed by atoms with van der Waals surface area (Å²) >= 11 is 3.03. The third-order valence-electron chi connectivity index (χ3n) is 4.61. The molecule has 2 aromatic rings. The van der Waals surface area contributed by atoms with Crippen LogP contribution in [0.25, 0.3) is 10.2 Å². The molecule has 7 heteroatoms. The normalized spacial score (nSPS) is 21.2. The highest BCUT2D eigenvalue weighted by Gasteiger charge is 2.32. The number of fused-ring (bicyclic) bond motifs is 1. The van der Waals surface area contributed by atoms with E-state index in [4.69, 9.17) is 4.98 Å². The summed E-state index contributed by atoms with van der Waals surface area (Å²) < 4.78 is 1.17. The Morgan fingerprint density at radius 1 is 1.29 bits per heavy atom. The van der Waals surface area contributed by atoms with Crippen LogP contribution in [0.2, 0.25) is 0 Å². The van der Waals surface area contributed by atoms with Crippen LogP contribution in [-0.2, 0) is 4.79 Å². The molecule has 2 amide bonds. The van der Waals surface area contributed by atoms with E-state index in [-0.39, 0.29) is 17.2 Å². The van der Waals surface area contributed by atoms with E-state index in [1.54, 1.807) is 16.2 Å². The van der Waals surface area contributed by atoms with Crippen molar-refractivity contribution in [1.82, 2.24) is 14.8 Å². The Morgan fingerprint density at radius 2 is 2.17 bits per heavy atom. The van der Waals surface area contributed by atoms with Gasteiger partial charge in [-0.2, -0.15) is 0 Å². The first-order valence-electron chi connectivity index (χ1n) is 8.29. The van der Waals surface area contributed by atoms with E-state index < -0.39 is 0 Å². The highest BCUT2D eigenvalue weighted by molar-refractivity contribution is 8.13. The molecule has 1 aromatic carbocycles. The number of carbonyl (C=O) groups is 2. The second-order valence-electron chi connectivity index (χ2n) is 6.12. The molecule has 2 saturated heterocycles. The van der Waals surface area contributed by atoms with Gasteiger partial charge in [-0.25, -0.2) is 4.98 Å². The average Bonchev–Trinajstić information content (AvgIpc) is 3.31. The number of thiazole rings is 1. The minimum Gasteiger partial charge on any atom is -0.333 e. The van der Waals surface area contributed by atoms with Crippen LogP contribution < -0.4 is 0 Å². The second kappa shape index (κ2) is 6.72. The maximum atomic E-state index is 12.7. The first kappa shape index (κ1) is 15.9. The highest BCUT2D eigenvalue weighted by atomic mass is 32.2. The fourth-order valence-corrected chi connectivity index (χ4v) is 5.32.